The second kappa shape index (κ2) is 6.01. The maximum atomic E-state index is 12.0. The third-order valence-electron chi connectivity index (χ3n) is 2.50. The topological polar surface area (TPSA) is 66.5 Å². The predicted octanol–water partition coefficient (Wildman–Crippen LogP) is 2.70. The molecule has 5 nitrogen and oxygen atoms in total. The van der Waals surface area contributed by atoms with Gasteiger partial charge in [-0.25, -0.2) is 12.7 Å². The van der Waals surface area contributed by atoms with Crippen molar-refractivity contribution in [2.24, 2.45) is 0 Å². The van der Waals surface area contributed by atoms with E-state index in [-0.39, 0.29) is 21.5 Å². The lowest BCUT2D eigenvalue weighted by Gasteiger charge is -2.18. The number of halogens is 2. The molecule has 20 heavy (non-hydrogen) atoms. The highest BCUT2D eigenvalue weighted by Gasteiger charge is 2.25. The molecule has 1 N–H and O–H groups in total. The Bertz CT molecular complexity index is 624. The summed E-state index contributed by atoms with van der Waals surface area (Å²) in [7, 11) is -0.707. The monoisotopic (exact) mass is 382 g/mol. The Kier molecular flexibility index (Phi) is 5.23. The normalized spacial score (nSPS) is 12.6. The molecule has 0 saturated heterocycles. The molecule has 1 aromatic rings. The van der Waals surface area contributed by atoms with E-state index in [4.69, 9.17) is 11.6 Å². The van der Waals surface area contributed by atoms with Crippen LogP contribution in [0.1, 0.15) is 13.8 Å². The lowest BCUT2D eigenvalue weighted by molar-refractivity contribution is -0.117. The summed E-state index contributed by atoms with van der Waals surface area (Å²) in [5.74, 6) is -0.321. The van der Waals surface area contributed by atoms with Gasteiger partial charge in [-0.15, -0.1) is 0 Å². The van der Waals surface area contributed by atoms with Crippen molar-refractivity contribution in [2.75, 3.05) is 19.4 Å². The number of benzene rings is 1. The highest BCUT2D eigenvalue weighted by atomic mass is 79.9. The molecule has 112 valence electrons. The van der Waals surface area contributed by atoms with Crippen molar-refractivity contribution in [3.8, 4) is 0 Å². The first-order valence-corrected chi connectivity index (χ1v) is 8.30. The Morgan fingerprint density at radius 1 is 1.35 bits per heavy atom. The van der Waals surface area contributed by atoms with Crippen LogP contribution in [0.3, 0.4) is 0 Å². The minimum Gasteiger partial charge on any atom is -0.324 e. The van der Waals surface area contributed by atoms with Crippen LogP contribution in [0.2, 0.25) is 5.02 Å². The smallest absolute Gasteiger partial charge is 0.242 e. The van der Waals surface area contributed by atoms with Gasteiger partial charge in [0.15, 0.2) is 0 Å². The molecule has 0 aliphatic carbocycles. The molecule has 0 unspecified atom stereocenters. The number of hydrogen-bond donors (Lipinski definition) is 1. The van der Waals surface area contributed by atoms with E-state index in [0.29, 0.717) is 0 Å². The van der Waals surface area contributed by atoms with Crippen LogP contribution in [0.25, 0.3) is 0 Å². The molecule has 0 fully saturated rings. The van der Waals surface area contributed by atoms with E-state index in [1.165, 1.54) is 32.3 Å². The van der Waals surface area contributed by atoms with Crippen molar-refractivity contribution >= 4 is 49.1 Å². The van der Waals surface area contributed by atoms with Gasteiger partial charge in [0.1, 0.15) is 0 Å². The minimum absolute atomic E-state index is 0.0644. The Balaban J connectivity index is 3.21. The van der Waals surface area contributed by atoms with Gasteiger partial charge in [0.05, 0.1) is 19.9 Å². The van der Waals surface area contributed by atoms with Gasteiger partial charge in [-0.2, -0.15) is 0 Å². The zero-order valence-electron chi connectivity index (χ0n) is 11.6. The van der Waals surface area contributed by atoms with Crippen molar-refractivity contribution in [2.45, 2.75) is 23.1 Å². The fourth-order valence-electron chi connectivity index (χ4n) is 1.24. The molecule has 0 radical (unpaired) electrons. The van der Waals surface area contributed by atoms with Gasteiger partial charge in [0, 0.05) is 14.1 Å². The number of alkyl halides is 1. The molecular formula is C12H16BrClN2O3S. The number of hydrogen-bond acceptors (Lipinski definition) is 3. The van der Waals surface area contributed by atoms with Gasteiger partial charge in [0.25, 0.3) is 0 Å². The Hall–Kier alpha value is -0.630. The first-order valence-electron chi connectivity index (χ1n) is 5.68. The Labute approximate surface area is 132 Å². The molecule has 0 aromatic heterocycles. The number of amides is 1. The van der Waals surface area contributed by atoms with E-state index in [1.54, 1.807) is 13.8 Å². The average molecular weight is 384 g/mol. The van der Waals surface area contributed by atoms with Crippen LogP contribution < -0.4 is 5.32 Å². The van der Waals surface area contributed by atoms with Crippen LogP contribution >= 0.6 is 27.5 Å². The van der Waals surface area contributed by atoms with E-state index in [2.05, 4.69) is 21.2 Å². The van der Waals surface area contributed by atoms with Crippen LogP contribution in [0.5, 0.6) is 0 Å². The molecule has 1 aromatic carbocycles. The maximum absolute atomic E-state index is 12.0. The van der Waals surface area contributed by atoms with Crippen molar-refractivity contribution < 1.29 is 13.2 Å². The molecular weight excluding hydrogens is 368 g/mol. The summed E-state index contributed by atoms with van der Waals surface area (Å²) in [6, 6.07) is 4.18. The lowest BCUT2D eigenvalue weighted by Crippen LogP contribution is -2.31. The number of carbonyl (C=O) groups is 1. The van der Waals surface area contributed by atoms with Crippen molar-refractivity contribution in [3.63, 3.8) is 0 Å². The Morgan fingerprint density at radius 3 is 2.35 bits per heavy atom. The summed E-state index contributed by atoms with van der Waals surface area (Å²) >= 11 is 9.21. The molecule has 1 rings (SSSR count). The van der Waals surface area contributed by atoms with E-state index in [1.807, 2.05) is 0 Å². The fourth-order valence-corrected chi connectivity index (χ4v) is 2.43. The summed E-state index contributed by atoms with van der Waals surface area (Å²) in [5, 5.41) is 2.87. The van der Waals surface area contributed by atoms with E-state index in [0.717, 1.165) is 4.31 Å². The molecule has 0 heterocycles. The highest BCUT2D eigenvalue weighted by molar-refractivity contribution is 9.10. The third kappa shape index (κ3) is 3.94. The summed E-state index contributed by atoms with van der Waals surface area (Å²) < 4.78 is 24.4. The van der Waals surface area contributed by atoms with E-state index in [9.17, 15) is 13.2 Å². The number of sulfonamides is 1. The maximum Gasteiger partial charge on any atom is 0.242 e. The van der Waals surface area contributed by atoms with Crippen LogP contribution in [-0.4, -0.2) is 37.0 Å². The molecule has 0 aliphatic rings. The van der Waals surface area contributed by atoms with Gasteiger partial charge < -0.3 is 5.32 Å². The molecule has 8 heteroatoms. The molecule has 0 spiro atoms. The lowest BCUT2D eigenvalue weighted by atomic mass is 10.2. The van der Waals surface area contributed by atoms with Crippen LogP contribution in [0, 0.1) is 0 Å². The zero-order valence-corrected chi connectivity index (χ0v) is 14.7. The van der Waals surface area contributed by atoms with Gasteiger partial charge in [0.2, 0.25) is 15.9 Å². The number of anilines is 1. The predicted molar refractivity (Wildman–Crippen MR) is 84.0 cm³/mol. The second-order valence-corrected chi connectivity index (χ2v) is 9.40. The molecule has 0 bridgehead atoms. The van der Waals surface area contributed by atoms with E-state index < -0.39 is 14.3 Å². The summed E-state index contributed by atoms with van der Waals surface area (Å²) in [5.41, 5.74) is 0.257. The largest absolute Gasteiger partial charge is 0.324 e. The minimum atomic E-state index is -3.58. The van der Waals surface area contributed by atoms with Gasteiger partial charge in [-0.05, 0) is 32.0 Å². The van der Waals surface area contributed by atoms with Crippen molar-refractivity contribution in [1.29, 1.82) is 0 Å². The van der Waals surface area contributed by atoms with Crippen LogP contribution in [-0.2, 0) is 14.8 Å². The molecule has 1 amide bonds. The summed E-state index contributed by atoms with van der Waals surface area (Å²) in [4.78, 5) is 12.0. The van der Waals surface area contributed by atoms with Gasteiger partial charge >= 0.3 is 0 Å². The average Bonchev–Trinajstić information content (AvgIpc) is 2.30. The van der Waals surface area contributed by atoms with Gasteiger partial charge in [-0.1, -0.05) is 27.5 Å². The molecule has 0 aliphatic heterocycles. The highest BCUT2D eigenvalue weighted by Crippen LogP contribution is 2.28. The van der Waals surface area contributed by atoms with Gasteiger partial charge in [-0.3, -0.25) is 4.79 Å². The Morgan fingerprint density at radius 2 is 1.90 bits per heavy atom. The SMILES string of the molecule is CN(C)S(=O)(=O)c1ccc(Cl)c(NC(=O)C(C)(C)Br)c1. The van der Waals surface area contributed by atoms with E-state index >= 15 is 0 Å². The second-order valence-electron chi connectivity index (χ2n) is 4.86. The standard InChI is InChI=1S/C12H16BrClN2O3S/c1-12(2,13)11(17)15-10-7-8(5-6-9(10)14)20(18,19)16(3)4/h5-7H,1-4H3,(H,15,17). The fraction of sp³-hybridized carbons (Fsp3) is 0.417. The number of rotatable bonds is 4. The van der Waals surface area contributed by atoms with Crippen LogP contribution in [0.15, 0.2) is 23.1 Å². The van der Waals surface area contributed by atoms with Crippen molar-refractivity contribution in [3.05, 3.63) is 23.2 Å². The third-order valence-corrected chi connectivity index (χ3v) is 5.01. The summed E-state index contributed by atoms with van der Waals surface area (Å²) in [6.45, 7) is 3.35. The number of carbonyl (C=O) groups excluding carboxylic acids is 1. The first-order chi connectivity index (χ1) is 8.96. The van der Waals surface area contributed by atoms with Crippen molar-refractivity contribution in [1.82, 2.24) is 4.31 Å². The number of nitrogens with one attached hydrogen (secondary N) is 1. The first kappa shape index (κ1) is 17.4. The van der Waals surface area contributed by atoms with Crippen LogP contribution in [0.4, 0.5) is 5.69 Å². The number of nitrogens with zero attached hydrogens (tertiary/aromatic N) is 1. The quantitative estimate of drug-likeness (QED) is 0.813. The zero-order chi connectivity index (χ0) is 15.7. The summed E-state index contributed by atoms with van der Waals surface area (Å²) in [6.07, 6.45) is 0. The molecule has 0 atom stereocenters. The molecule has 0 saturated carbocycles.